The van der Waals surface area contributed by atoms with Crippen molar-refractivity contribution in [2.75, 3.05) is 5.73 Å². The molecule has 5 aromatic rings. The number of rotatable bonds is 5. The van der Waals surface area contributed by atoms with Crippen molar-refractivity contribution in [3.63, 3.8) is 0 Å². The standard InChI is InChI=1S/C27H21N5O2/c1-16-30-24-10-8-20(14-25(24)31-16)32-27(28)23(15-29-32)26(33)19-11-17-7-9-22(13-18(17)12-19)34-21-5-3-2-4-6-21/h2-10,12-15H,11,28H2,1H3,(H,30,31). The van der Waals surface area contributed by atoms with Crippen LogP contribution in [0.4, 0.5) is 5.82 Å². The molecule has 0 radical (unpaired) electrons. The van der Waals surface area contributed by atoms with E-state index in [0.29, 0.717) is 23.4 Å². The molecule has 0 aliphatic heterocycles. The number of benzene rings is 3. The third-order valence-electron chi connectivity index (χ3n) is 5.98. The summed E-state index contributed by atoms with van der Waals surface area (Å²) in [6.07, 6.45) is 3.99. The lowest BCUT2D eigenvalue weighted by Gasteiger charge is -2.07. The molecule has 0 fully saturated rings. The van der Waals surface area contributed by atoms with Crippen LogP contribution in [0.5, 0.6) is 11.5 Å². The number of aromatic amines is 1. The van der Waals surface area contributed by atoms with Crippen LogP contribution in [-0.4, -0.2) is 25.5 Å². The number of hydrogen-bond acceptors (Lipinski definition) is 5. The summed E-state index contributed by atoms with van der Waals surface area (Å²) in [6, 6.07) is 21.2. The van der Waals surface area contributed by atoms with E-state index in [1.807, 2.05) is 79.7 Å². The van der Waals surface area contributed by atoms with Crippen LogP contribution < -0.4 is 10.5 Å². The maximum atomic E-state index is 13.3. The Bertz CT molecular complexity index is 1590. The summed E-state index contributed by atoms with van der Waals surface area (Å²) in [4.78, 5) is 21.0. The number of nitrogens with zero attached hydrogens (tertiary/aromatic N) is 3. The van der Waals surface area contributed by atoms with Crippen LogP contribution in [0.15, 0.2) is 78.5 Å². The van der Waals surface area contributed by atoms with Crippen LogP contribution >= 0.6 is 0 Å². The van der Waals surface area contributed by atoms with E-state index in [1.165, 1.54) is 6.20 Å². The molecule has 0 spiro atoms. The number of aryl methyl sites for hydroxylation is 1. The first kappa shape index (κ1) is 20.0. The molecule has 34 heavy (non-hydrogen) atoms. The molecule has 6 rings (SSSR count). The second-order valence-electron chi connectivity index (χ2n) is 8.33. The highest BCUT2D eigenvalue weighted by atomic mass is 16.5. The number of anilines is 1. The van der Waals surface area contributed by atoms with Gasteiger partial charge in [-0.3, -0.25) is 4.79 Å². The van der Waals surface area contributed by atoms with E-state index < -0.39 is 0 Å². The first-order chi connectivity index (χ1) is 16.5. The second-order valence-corrected chi connectivity index (χ2v) is 8.33. The third kappa shape index (κ3) is 3.44. The average Bonchev–Trinajstić information content (AvgIpc) is 3.54. The SMILES string of the molecule is Cc1nc2ccc(-n3ncc(C(=O)C4=Cc5cc(Oc6ccccc6)ccc5C4)c3N)cc2[nH]1. The molecule has 0 unspecified atom stereocenters. The van der Waals surface area contributed by atoms with Crippen LogP contribution in [0.3, 0.4) is 0 Å². The molecule has 0 amide bonds. The van der Waals surface area contributed by atoms with E-state index in [1.54, 1.807) is 4.68 Å². The molecule has 1 aliphatic carbocycles. The summed E-state index contributed by atoms with van der Waals surface area (Å²) in [7, 11) is 0. The Balaban J connectivity index is 1.27. The van der Waals surface area contributed by atoms with Crippen molar-refractivity contribution >= 4 is 28.7 Å². The van der Waals surface area contributed by atoms with Crippen molar-refractivity contribution in [3.05, 3.63) is 101 Å². The summed E-state index contributed by atoms with van der Waals surface area (Å²) < 4.78 is 7.51. The molecule has 0 atom stereocenters. The highest BCUT2D eigenvalue weighted by molar-refractivity contribution is 6.15. The first-order valence-corrected chi connectivity index (χ1v) is 11.0. The monoisotopic (exact) mass is 447 g/mol. The van der Waals surface area contributed by atoms with Crippen molar-refractivity contribution in [1.29, 1.82) is 0 Å². The number of hydrogen-bond donors (Lipinski definition) is 2. The Kier molecular flexibility index (Phi) is 4.55. The average molecular weight is 447 g/mol. The number of Topliss-reactive ketones (excluding diaryl/α,β-unsaturated/α-hetero) is 1. The zero-order chi connectivity index (χ0) is 23.2. The van der Waals surface area contributed by atoms with Crippen molar-refractivity contribution in [2.45, 2.75) is 13.3 Å². The Hall–Kier alpha value is -4.65. The first-order valence-electron chi connectivity index (χ1n) is 11.0. The van der Waals surface area contributed by atoms with Crippen molar-refractivity contribution in [2.24, 2.45) is 0 Å². The van der Waals surface area contributed by atoms with Gasteiger partial charge in [0.2, 0.25) is 0 Å². The number of nitrogens with one attached hydrogen (secondary N) is 1. The topological polar surface area (TPSA) is 98.8 Å². The number of fused-ring (bicyclic) bond motifs is 2. The van der Waals surface area contributed by atoms with E-state index in [-0.39, 0.29) is 5.78 Å². The second kappa shape index (κ2) is 7.74. The Labute approximate surface area is 195 Å². The zero-order valence-electron chi connectivity index (χ0n) is 18.4. The summed E-state index contributed by atoms with van der Waals surface area (Å²) in [6.45, 7) is 1.91. The summed E-state index contributed by atoms with van der Waals surface area (Å²) in [5.41, 5.74) is 12.0. The third-order valence-corrected chi connectivity index (χ3v) is 5.98. The van der Waals surface area contributed by atoms with E-state index >= 15 is 0 Å². The molecule has 2 aromatic heterocycles. The smallest absolute Gasteiger partial charge is 0.194 e. The van der Waals surface area contributed by atoms with Gasteiger partial charge in [-0.2, -0.15) is 5.10 Å². The van der Waals surface area contributed by atoms with Crippen LogP contribution in [0.25, 0.3) is 22.8 Å². The summed E-state index contributed by atoms with van der Waals surface area (Å²) in [5, 5.41) is 4.39. The number of aromatic nitrogens is 4. The number of ether oxygens (including phenoxy) is 1. The lowest BCUT2D eigenvalue weighted by molar-refractivity contribution is 0.103. The highest BCUT2D eigenvalue weighted by Crippen LogP contribution is 2.33. The van der Waals surface area contributed by atoms with Gasteiger partial charge in [0, 0.05) is 12.0 Å². The zero-order valence-corrected chi connectivity index (χ0v) is 18.4. The normalized spacial score (nSPS) is 12.6. The minimum Gasteiger partial charge on any atom is -0.457 e. The molecule has 0 saturated heterocycles. The maximum absolute atomic E-state index is 13.3. The number of imidazole rings is 1. The van der Waals surface area contributed by atoms with Crippen molar-refractivity contribution < 1.29 is 9.53 Å². The van der Waals surface area contributed by atoms with Gasteiger partial charge in [0.05, 0.1) is 28.5 Å². The number of carbonyl (C=O) groups is 1. The number of carbonyl (C=O) groups excluding carboxylic acids is 1. The molecule has 7 heteroatoms. The fourth-order valence-electron chi connectivity index (χ4n) is 4.31. The Morgan fingerprint density at radius 3 is 2.76 bits per heavy atom. The van der Waals surface area contributed by atoms with E-state index in [4.69, 9.17) is 10.5 Å². The molecule has 0 bridgehead atoms. The summed E-state index contributed by atoms with van der Waals surface area (Å²) in [5.74, 6) is 2.52. The molecule has 0 saturated carbocycles. The minimum absolute atomic E-state index is 0.121. The molecular formula is C27H21N5O2. The molecular weight excluding hydrogens is 426 g/mol. The van der Waals surface area contributed by atoms with Crippen LogP contribution in [0.1, 0.15) is 27.3 Å². The van der Waals surface area contributed by atoms with Gasteiger partial charge in [-0.15, -0.1) is 0 Å². The number of para-hydroxylation sites is 1. The fourth-order valence-corrected chi connectivity index (χ4v) is 4.31. The van der Waals surface area contributed by atoms with E-state index in [0.717, 1.165) is 45.2 Å². The predicted molar refractivity (Wildman–Crippen MR) is 131 cm³/mol. The molecule has 2 heterocycles. The Morgan fingerprint density at radius 1 is 1.06 bits per heavy atom. The van der Waals surface area contributed by atoms with Gasteiger partial charge in [0.15, 0.2) is 5.78 Å². The molecule has 1 aliphatic rings. The quantitative estimate of drug-likeness (QED) is 0.358. The van der Waals surface area contributed by atoms with Crippen LogP contribution in [0, 0.1) is 6.92 Å². The maximum Gasteiger partial charge on any atom is 0.194 e. The number of ketones is 1. The molecule has 166 valence electrons. The molecule has 3 N–H and O–H groups in total. The highest BCUT2D eigenvalue weighted by Gasteiger charge is 2.24. The van der Waals surface area contributed by atoms with E-state index in [9.17, 15) is 4.79 Å². The van der Waals surface area contributed by atoms with Crippen LogP contribution in [0.2, 0.25) is 0 Å². The van der Waals surface area contributed by atoms with Crippen molar-refractivity contribution in [1.82, 2.24) is 19.7 Å². The van der Waals surface area contributed by atoms with Crippen LogP contribution in [-0.2, 0) is 6.42 Å². The van der Waals surface area contributed by atoms with Gasteiger partial charge in [-0.05, 0) is 66.6 Å². The lowest BCUT2D eigenvalue weighted by atomic mass is 10.0. The van der Waals surface area contributed by atoms with E-state index in [2.05, 4.69) is 15.1 Å². The van der Waals surface area contributed by atoms with Crippen molar-refractivity contribution in [3.8, 4) is 17.2 Å². The number of nitrogen functional groups attached to an aromatic ring is 1. The fraction of sp³-hybridized carbons (Fsp3) is 0.0741. The molecule has 3 aromatic carbocycles. The van der Waals surface area contributed by atoms with Gasteiger partial charge in [0.25, 0.3) is 0 Å². The molecule has 7 nitrogen and oxygen atoms in total. The minimum atomic E-state index is -0.121. The van der Waals surface area contributed by atoms with Gasteiger partial charge in [0.1, 0.15) is 23.1 Å². The Morgan fingerprint density at radius 2 is 1.91 bits per heavy atom. The predicted octanol–water partition coefficient (Wildman–Crippen LogP) is 5.25. The van der Waals surface area contributed by atoms with Gasteiger partial charge >= 0.3 is 0 Å². The van der Waals surface area contributed by atoms with Gasteiger partial charge in [-0.25, -0.2) is 9.67 Å². The summed E-state index contributed by atoms with van der Waals surface area (Å²) >= 11 is 0. The largest absolute Gasteiger partial charge is 0.457 e. The lowest BCUT2D eigenvalue weighted by Crippen LogP contribution is -2.08. The van der Waals surface area contributed by atoms with Gasteiger partial charge < -0.3 is 15.5 Å². The number of allylic oxidation sites excluding steroid dienone is 1. The number of H-pyrrole nitrogens is 1. The van der Waals surface area contributed by atoms with Gasteiger partial charge in [-0.1, -0.05) is 24.3 Å². The number of nitrogens with two attached hydrogens (primary N) is 1.